The van der Waals surface area contributed by atoms with E-state index >= 15 is 0 Å². The number of fused-ring (bicyclic) bond motifs is 3. The van der Waals surface area contributed by atoms with Crippen LogP contribution in [0.3, 0.4) is 0 Å². The highest BCUT2D eigenvalue weighted by Crippen LogP contribution is 2.35. The van der Waals surface area contributed by atoms with Crippen molar-refractivity contribution in [1.29, 1.82) is 0 Å². The molecular weight excluding hydrogens is 405 g/mol. The molecule has 1 amide bonds. The van der Waals surface area contributed by atoms with E-state index in [9.17, 15) is 9.59 Å². The van der Waals surface area contributed by atoms with Crippen molar-refractivity contribution < 1.29 is 4.79 Å². The number of hydrogen-bond donors (Lipinski definition) is 1. The summed E-state index contributed by atoms with van der Waals surface area (Å²) in [6, 6.07) is 4.84. The van der Waals surface area contributed by atoms with Crippen molar-refractivity contribution in [1.82, 2.24) is 9.55 Å². The van der Waals surface area contributed by atoms with E-state index in [1.54, 1.807) is 29.5 Å². The molecule has 1 aliphatic carbocycles. The molecular formula is C19H17Cl2N3O2S. The number of carbonyl (C=O) groups is 1. The predicted molar refractivity (Wildman–Crippen MR) is 110 cm³/mol. The number of amides is 1. The van der Waals surface area contributed by atoms with Crippen LogP contribution in [0.15, 0.2) is 29.3 Å². The van der Waals surface area contributed by atoms with Gasteiger partial charge in [0.05, 0.1) is 21.8 Å². The van der Waals surface area contributed by atoms with Crippen LogP contribution >= 0.6 is 34.5 Å². The number of benzene rings is 1. The second-order valence-corrected chi connectivity index (χ2v) is 8.78. The molecule has 1 aliphatic rings. The van der Waals surface area contributed by atoms with E-state index in [4.69, 9.17) is 23.2 Å². The van der Waals surface area contributed by atoms with Gasteiger partial charge in [-0.3, -0.25) is 14.2 Å². The van der Waals surface area contributed by atoms with Gasteiger partial charge in [-0.2, -0.15) is 0 Å². The third-order valence-corrected chi connectivity index (χ3v) is 6.70. The van der Waals surface area contributed by atoms with Gasteiger partial charge in [0.15, 0.2) is 0 Å². The van der Waals surface area contributed by atoms with E-state index in [-0.39, 0.29) is 18.0 Å². The molecule has 5 nitrogen and oxygen atoms in total. The Morgan fingerprint density at radius 1 is 1.37 bits per heavy atom. The molecule has 140 valence electrons. The first-order chi connectivity index (χ1) is 12.9. The quantitative estimate of drug-likeness (QED) is 0.675. The standard InChI is InChI=1S/C19H17Cl2N3O2S/c1-10-2-4-12-15(6-10)27-18-17(12)19(26)24(9-22-18)8-16(25)23-11-3-5-13(20)14(21)7-11/h3,5,7,9-10H,2,4,6,8H2,1H3,(H,23,25). The number of rotatable bonds is 3. The lowest BCUT2D eigenvalue weighted by Crippen LogP contribution is -2.28. The van der Waals surface area contributed by atoms with E-state index in [2.05, 4.69) is 17.2 Å². The summed E-state index contributed by atoms with van der Waals surface area (Å²) in [5.41, 5.74) is 1.49. The van der Waals surface area contributed by atoms with Crippen LogP contribution in [0.5, 0.6) is 0 Å². The van der Waals surface area contributed by atoms with Crippen molar-refractivity contribution in [3.05, 3.63) is 55.4 Å². The smallest absolute Gasteiger partial charge is 0.262 e. The van der Waals surface area contributed by atoms with E-state index in [0.717, 1.165) is 29.7 Å². The van der Waals surface area contributed by atoms with Crippen LogP contribution in [0, 0.1) is 5.92 Å². The zero-order valence-electron chi connectivity index (χ0n) is 14.6. The van der Waals surface area contributed by atoms with Crippen molar-refractivity contribution >= 4 is 56.3 Å². The number of thiophene rings is 1. The van der Waals surface area contributed by atoms with Gasteiger partial charge in [0, 0.05) is 10.6 Å². The number of nitrogens with one attached hydrogen (secondary N) is 1. The van der Waals surface area contributed by atoms with Gasteiger partial charge in [-0.15, -0.1) is 11.3 Å². The average molecular weight is 422 g/mol. The Hall–Kier alpha value is -1.89. The van der Waals surface area contributed by atoms with E-state index in [0.29, 0.717) is 27.0 Å². The summed E-state index contributed by atoms with van der Waals surface area (Å²) in [5.74, 6) is 0.305. The summed E-state index contributed by atoms with van der Waals surface area (Å²) in [7, 11) is 0. The third kappa shape index (κ3) is 3.61. The fourth-order valence-electron chi connectivity index (χ4n) is 3.41. The highest BCUT2D eigenvalue weighted by atomic mass is 35.5. The molecule has 4 rings (SSSR count). The lowest BCUT2D eigenvalue weighted by molar-refractivity contribution is -0.116. The molecule has 0 radical (unpaired) electrons. The minimum atomic E-state index is -0.325. The van der Waals surface area contributed by atoms with Gasteiger partial charge in [0.25, 0.3) is 5.56 Å². The molecule has 0 saturated carbocycles. The van der Waals surface area contributed by atoms with Crippen molar-refractivity contribution in [3.8, 4) is 0 Å². The van der Waals surface area contributed by atoms with Gasteiger partial charge in [-0.1, -0.05) is 30.1 Å². The largest absolute Gasteiger partial charge is 0.324 e. The second-order valence-electron chi connectivity index (χ2n) is 6.89. The molecule has 0 saturated heterocycles. The van der Waals surface area contributed by atoms with Crippen molar-refractivity contribution in [2.45, 2.75) is 32.7 Å². The van der Waals surface area contributed by atoms with Crippen LogP contribution in [0.25, 0.3) is 10.2 Å². The number of aryl methyl sites for hydroxylation is 1. The maximum atomic E-state index is 12.9. The number of nitrogens with zero attached hydrogens (tertiary/aromatic N) is 2. The van der Waals surface area contributed by atoms with E-state index < -0.39 is 0 Å². The van der Waals surface area contributed by atoms with Crippen LogP contribution in [0.2, 0.25) is 10.0 Å². The molecule has 1 N–H and O–H groups in total. The van der Waals surface area contributed by atoms with Crippen molar-refractivity contribution in [3.63, 3.8) is 0 Å². The number of aromatic nitrogens is 2. The predicted octanol–water partition coefficient (Wildman–Crippen LogP) is 4.53. The molecule has 27 heavy (non-hydrogen) atoms. The van der Waals surface area contributed by atoms with Gasteiger partial charge in [-0.05, 0) is 48.9 Å². The summed E-state index contributed by atoms with van der Waals surface area (Å²) in [4.78, 5) is 31.7. The molecule has 1 atom stereocenters. The van der Waals surface area contributed by atoms with Crippen LogP contribution in [-0.4, -0.2) is 15.5 Å². The Kier molecular flexibility index (Phi) is 4.97. The molecule has 1 unspecified atom stereocenters. The highest BCUT2D eigenvalue weighted by Gasteiger charge is 2.23. The van der Waals surface area contributed by atoms with E-state index in [1.165, 1.54) is 15.8 Å². The summed E-state index contributed by atoms with van der Waals surface area (Å²) in [5, 5.41) is 4.17. The van der Waals surface area contributed by atoms with Crippen molar-refractivity contribution in [2.75, 3.05) is 5.32 Å². The molecule has 0 bridgehead atoms. The van der Waals surface area contributed by atoms with E-state index in [1.807, 2.05) is 0 Å². The SMILES string of the molecule is CC1CCc2c(sc3ncn(CC(=O)Nc4ccc(Cl)c(Cl)c4)c(=O)c23)C1. The van der Waals surface area contributed by atoms with Crippen molar-refractivity contribution in [2.24, 2.45) is 5.92 Å². The second kappa shape index (κ2) is 7.26. The van der Waals surface area contributed by atoms with Crippen LogP contribution in [0.4, 0.5) is 5.69 Å². The summed E-state index contributed by atoms with van der Waals surface area (Å²) in [6.45, 7) is 2.12. The monoisotopic (exact) mass is 421 g/mol. The zero-order valence-corrected chi connectivity index (χ0v) is 16.9. The first kappa shape index (κ1) is 18.5. The van der Waals surface area contributed by atoms with Gasteiger partial charge in [0.2, 0.25) is 5.91 Å². The Balaban J connectivity index is 1.60. The van der Waals surface area contributed by atoms with Gasteiger partial charge < -0.3 is 5.32 Å². The average Bonchev–Trinajstić information content (AvgIpc) is 2.98. The number of anilines is 1. The fourth-order valence-corrected chi connectivity index (χ4v) is 5.05. The highest BCUT2D eigenvalue weighted by molar-refractivity contribution is 7.18. The number of hydrogen-bond acceptors (Lipinski definition) is 4. The lowest BCUT2D eigenvalue weighted by Gasteiger charge is -2.17. The first-order valence-corrected chi connectivity index (χ1v) is 10.2. The van der Waals surface area contributed by atoms with Gasteiger partial charge in [0.1, 0.15) is 11.4 Å². The zero-order chi connectivity index (χ0) is 19.1. The molecule has 8 heteroatoms. The molecule has 2 aromatic heterocycles. The summed E-state index contributed by atoms with van der Waals surface area (Å²) >= 11 is 13.4. The summed E-state index contributed by atoms with van der Waals surface area (Å²) in [6.07, 6.45) is 4.41. The molecule has 0 aliphatic heterocycles. The Morgan fingerprint density at radius 3 is 2.96 bits per heavy atom. The van der Waals surface area contributed by atoms with Crippen LogP contribution in [-0.2, 0) is 24.2 Å². The number of halogens is 2. The molecule has 0 fully saturated rings. The van der Waals surface area contributed by atoms with Gasteiger partial charge in [-0.25, -0.2) is 4.98 Å². The lowest BCUT2D eigenvalue weighted by atomic mass is 9.89. The summed E-state index contributed by atoms with van der Waals surface area (Å²) < 4.78 is 1.36. The minimum Gasteiger partial charge on any atom is -0.324 e. The number of carbonyl (C=O) groups excluding carboxylic acids is 1. The normalized spacial score (nSPS) is 16.3. The molecule has 2 heterocycles. The maximum Gasteiger partial charge on any atom is 0.262 e. The van der Waals surface area contributed by atoms with Crippen LogP contribution < -0.4 is 10.9 Å². The first-order valence-electron chi connectivity index (χ1n) is 8.67. The Morgan fingerprint density at radius 2 is 2.19 bits per heavy atom. The topological polar surface area (TPSA) is 64.0 Å². The minimum absolute atomic E-state index is 0.108. The Labute approximate surface area is 169 Å². The maximum absolute atomic E-state index is 12.9. The van der Waals surface area contributed by atoms with Gasteiger partial charge >= 0.3 is 0 Å². The third-order valence-electron chi connectivity index (χ3n) is 4.80. The molecule has 1 aromatic carbocycles. The molecule has 3 aromatic rings. The Bertz CT molecular complexity index is 1110. The molecule has 0 spiro atoms. The fraction of sp³-hybridized carbons (Fsp3) is 0.316. The van der Waals surface area contributed by atoms with Crippen LogP contribution in [0.1, 0.15) is 23.8 Å².